The van der Waals surface area contributed by atoms with Gasteiger partial charge in [-0.05, 0) is 29.3 Å². The van der Waals surface area contributed by atoms with Gasteiger partial charge in [-0.1, -0.05) is 36.4 Å². The molecule has 0 radical (unpaired) electrons. The third-order valence-electron chi connectivity index (χ3n) is 4.21. The minimum Gasteiger partial charge on any atom is -0.493 e. The molecule has 0 aliphatic rings. The lowest BCUT2D eigenvalue weighted by Gasteiger charge is -2.10. The van der Waals surface area contributed by atoms with Gasteiger partial charge in [0.25, 0.3) is 5.91 Å². The van der Waals surface area contributed by atoms with Crippen LogP contribution in [-0.4, -0.2) is 32.7 Å². The summed E-state index contributed by atoms with van der Waals surface area (Å²) in [6, 6.07) is 16.3. The van der Waals surface area contributed by atoms with Crippen molar-refractivity contribution in [1.82, 2.24) is 5.32 Å². The second kappa shape index (κ2) is 9.45. The Balaban J connectivity index is 1.54. The van der Waals surface area contributed by atoms with Crippen LogP contribution < -0.4 is 14.8 Å². The van der Waals surface area contributed by atoms with E-state index in [1.165, 1.54) is 13.4 Å². The number of rotatable bonds is 8. The molecular formula is C22H21NO6. The first-order valence-corrected chi connectivity index (χ1v) is 8.90. The van der Waals surface area contributed by atoms with E-state index in [1.807, 2.05) is 36.4 Å². The molecule has 150 valence electrons. The molecule has 0 atom stereocenters. The highest BCUT2D eigenvalue weighted by molar-refractivity contribution is 5.95. The van der Waals surface area contributed by atoms with Gasteiger partial charge in [0.15, 0.2) is 18.1 Å². The number of nitrogens with one attached hydrogen (secondary N) is 1. The van der Waals surface area contributed by atoms with Crippen LogP contribution in [0.2, 0.25) is 0 Å². The third kappa shape index (κ3) is 4.95. The Labute approximate surface area is 168 Å². The Kier molecular flexibility index (Phi) is 6.52. The van der Waals surface area contributed by atoms with E-state index in [-0.39, 0.29) is 12.3 Å². The molecule has 1 amide bonds. The topological polar surface area (TPSA) is 87.0 Å². The number of hydrogen-bond donors (Lipinski definition) is 1. The first-order valence-electron chi connectivity index (χ1n) is 8.90. The van der Waals surface area contributed by atoms with Crippen LogP contribution in [0.1, 0.15) is 16.1 Å². The molecule has 7 heteroatoms. The number of carbonyl (C=O) groups is 2. The van der Waals surface area contributed by atoms with Crippen molar-refractivity contribution in [2.45, 2.75) is 6.54 Å². The summed E-state index contributed by atoms with van der Waals surface area (Å²) in [5, 5.41) is 2.69. The second-order valence-electron chi connectivity index (χ2n) is 6.07. The molecular weight excluding hydrogens is 374 g/mol. The van der Waals surface area contributed by atoms with Crippen LogP contribution in [0.3, 0.4) is 0 Å². The quantitative estimate of drug-likeness (QED) is 0.588. The van der Waals surface area contributed by atoms with Crippen molar-refractivity contribution in [2.75, 3.05) is 20.8 Å². The smallest absolute Gasteiger partial charge is 0.375 e. The molecule has 2 aromatic carbocycles. The molecule has 3 aromatic rings. The number of furan rings is 1. The molecule has 0 aliphatic carbocycles. The van der Waals surface area contributed by atoms with E-state index >= 15 is 0 Å². The Hall–Kier alpha value is -3.74. The van der Waals surface area contributed by atoms with Gasteiger partial charge in [0.05, 0.1) is 20.5 Å². The van der Waals surface area contributed by atoms with Crippen LogP contribution in [0.4, 0.5) is 0 Å². The highest BCUT2D eigenvalue weighted by atomic mass is 16.5. The molecule has 1 N–H and O–H groups in total. The minimum absolute atomic E-state index is 0.0592. The molecule has 0 aliphatic heterocycles. The van der Waals surface area contributed by atoms with E-state index < -0.39 is 18.5 Å². The van der Waals surface area contributed by atoms with Crippen LogP contribution in [0, 0.1) is 0 Å². The number of carbonyl (C=O) groups excluding carboxylic acids is 2. The zero-order valence-electron chi connectivity index (χ0n) is 16.1. The van der Waals surface area contributed by atoms with Crippen LogP contribution in [0.25, 0.3) is 11.1 Å². The average molecular weight is 395 g/mol. The van der Waals surface area contributed by atoms with Crippen molar-refractivity contribution < 1.29 is 28.2 Å². The molecule has 3 rings (SSSR count). The Morgan fingerprint density at radius 2 is 1.72 bits per heavy atom. The lowest BCUT2D eigenvalue weighted by Crippen LogP contribution is -2.28. The van der Waals surface area contributed by atoms with Crippen LogP contribution >= 0.6 is 0 Å². The van der Waals surface area contributed by atoms with Gasteiger partial charge in [-0.2, -0.15) is 0 Å². The maximum Gasteiger partial charge on any atom is 0.375 e. The summed E-state index contributed by atoms with van der Waals surface area (Å²) in [4.78, 5) is 24.4. The summed E-state index contributed by atoms with van der Waals surface area (Å²) < 4.78 is 20.8. The van der Waals surface area contributed by atoms with Crippen molar-refractivity contribution in [2.24, 2.45) is 0 Å². The molecule has 0 saturated heterocycles. The maximum atomic E-state index is 12.3. The van der Waals surface area contributed by atoms with E-state index in [9.17, 15) is 9.59 Å². The van der Waals surface area contributed by atoms with E-state index in [0.717, 1.165) is 11.1 Å². The summed E-state index contributed by atoms with van der Waals surface area (Å²) in [5.41, 5.74) is 2.26. The van der Waals surface area contributed by atoms with Gasteiger partial charge < -0.3 is 23.9 Å². The number of ether oxygens (including phenoxy) is 3. The minimum atomic E-state index is -0.699. The summed E-state index contributed by atoms with van der Waals surface area (Å²) in [6.07, 6.45) is 1.41. The highest BCUT2D eigenvalue weighted by Gasteiger charge is 2.19. The Morgan fingerprint density at radius 1 is 0.966 bits per heavy atom. The average Bonchev–Trinajstić information content (AvgIpc) is 3.26. The van der Waals surface area contributed by atoms with Crippen LogP contribution in [0.15, 0.2) is 65.3 Å². The van der Waals surface area contributed by atoms with E-state index in [0.29, 0.717) is 17.1 Å². The van der Waals surface area contributed by atoms with Crippen molar-refractivity contribution >= 4 is 11.9 Å². The summed E-state index contributed by atoms with van der Waals surface area (Å²) >= 11 is 0. The summed E-state index contributed by atoms with van der Waals surface area (Å²) in [7, 11) is 3.09. The van der Waals surface area contributed by atoms with E-state index in [1.54, 1.807) is 25.3 Å². The fraction of sp³-hybridized carbons (Fsp3) is 0.182. The molecule has 1 aromatic heterocycles. The molecule has 7 nitrogen and oxygen atoms in total. The zero-order chi connectivity index (χ0) is 20.6. The fourth-order valence-electron chi connectivity index (χ4n) is 2.75. The first kappa shape index (κ1) is 20.0. The number of esters is 1. The first-order chi connectivity index (χ1) is 14.1. The lowest BCUT2D eigenvalue weighted by atomic mass is 10.1. The van der Waals surface area contributed by atoms with Crippen molar-refractivity contribution in [3.05, 3.63) is 72.2 Å². The number of hydrogen-bond acceptors (Lipinski definition) is 6. The standard InChI is InChI=1S/C22H21NO6/c1-26-18-9-8-15(12-19(18)27-2)13-23-20(24)14-29-22(25)21-17(10-11-28-21)16-6-4-3-5-7-16/h3-12H,13-14H2,1-2H3,(H,23,24). The molecule has 0 unspecified atom stereocenters. The lowest BCUT2D eigenvalue weighted by molar-refractivity contribution is -0.124. The van der Waals surface area contributed by atoms with E-state index in [2.05, 4.69) is 5.32 Å². The predicted molar refractivity (Wildman–Crippen MR) is 106 cm³/mol. The Morgan fingerprint density at radius 3 is 2.45 bits per heavy atom. The number of benzene rings is 2. The molecule has 0 fully saturated rings. The monoisotopic (exact) mass is 395 g/mol. The van der Waals surface area contributed by atoms with Gasteiger partial charge >= 0.3 is 5.97 Å². The van der Waals surface area contributed by atoms with Gasteiger partial charge in [0.1, 0.15) is 0 Å². The third-order valence-corrected chi connectivity index (χ3v) is 4.21. The normalized spacial score (nSPS) is 10.3. The number of methoxy groups -OCH3 is 2. The van der Waals surface area contributed by atoms with Gasteiger partial charge in [-0.3, -0.25) is 4.79 Å². The van der Waals surface area contributed by atoms with Crippen molar-refractivity contribution in [1.29, 1.82) is 0 Å². The van der Waals surface area contributed by atoms with Crippen LogP contribution in [0.5, 0.6) is 11.5 Å². The fourth-order valence-corrected chi connectivity index (χ4v) is 2.75. The van der Waals surface area contributed by atoms with Gasteiger partial charge in [0.2, 0.25) is 5.76 Å². The van der Waals surface area contributed by atoms with Gasteiger partial charge in [-0.25, -0.2) is 4.79 Å². The largest absolute Gasteiger partial charge is 0.493 e. The zero-order valence-corrected chi connectivity index (χ0v) is 16.1. The second-order valence-corrected chi connectivity index (χ2v) is 6.07. The molecule has 0 bridgehead atoms. The predicted octanol–water partition coefficient (Wildman–Crippen LogP) is 3.44. The van der Waals surface area contributed by atoms with Gasteiger partial charge in [-0.15, -0.1) is 0 Å². The maximum absolute atomic E-state index is 12.3. The molecule has 0 saturated carbocycles. The summed E-state index contributed by atoms with van der Waals surface area (Å²) in [6.45, 7) is -0.159. The SMILES string of the molecule is COc1ccc(CNC(=O)COC(=O)c2occc2-c2ccccc2)cc1OC. The van der Waals surface area contributed by atoms with Crippen molar-refractivity contribution in [3.63, 3.8) is 0 Å². The Bertz CT molecular complexity index is 980. The van der Waals surface area contributed by atoms with Crippen LogP contribution in [-0.2, 0) is 16.1 Å². The number of amides is 1. The molecule has 1 heterocycles. The summed E-state index contributed by atoms with van der Waals surface area (Å²) in [5.74, 6) is 0.0982. The van der Waals surface area contributed by atoms with Gasteiger partial charge in [0, 0.05) is 12.1 Å². The highest BCUT2D eigenvalue weighted by Crippen LogP contribution is 2.27. The van der Waals surface area contributed by atoms with Crippen molar-refractivity contribution in [3.8, 4) is 22.6 Å². The molecule has 0 spiro atoms. The van der Waals surface area contributed by atoms with E-state index in [4.69, 9.17) is 18.6 Å². The molecule has 29 heavy (non-hydrogen) atoms.